The van der Waals surface area contributed by atoms with E-state index in [2.05, 4.69) is 12.7 Å². The van der Waals surface area contributed by atoms with Crippen molar-refractivity contribution in [2.75, 3.05) is 0 Å². The van der Waals surface area contributed by atoms with Gasteiger partial charge in [0, 0.05) is 0 Å². The number of aliphatic hydroxyl groups is 2. The largest absolute Gasteiger partial charge is 0.368 e. The van der Waals surface area contributed by atoms with Crippen LogP contribution in [0.4, 0.5) is 0 Å². The summed E-state index contributed by atoms with van der Waals surface area (Å²) in [5.74, 6) is 0.861. The van der Waals surface area contributed by atoms with Gasteiger partial charge in [-0.15, -0.1) is 6.58 Å². The monoisotopic (exact) mass is 158 g/mol. The molecule has 0 radical (unpaired) electrons. The average molecular weight is 158 g/mol. The summed E-state index contributed by atoms with van der Waals surface area (Å²) in [6.07, 6.45) is 6.56. The van der Waals surface area contributed by atoms with Gasteiger partial charge < -0.3 is 10.2 Å². The second kappa shape index (κ2) is 6.38. The van der Waals surface area contributed by atoms with Gasteiger partial charge >= 0.3 is 0 Å². The Kier molecular flexibility index (Phi) is 6.18. The highest BCUT2D eigenvalue weighted by Crippen LogP contribution is 2.24. The van der Waals surface area contributed by atoms with Crippen molar-refractivity contribution in [2.24, 2.45) is 5.92 Å². The number of hydrogen-bond acceptors (Lipinski definition) is 2. The van der Waals surface area contributed by atoms with E-state index in [1.165, 1.54) is 32.6 Å². The Morgan fingerprint density at radius 2 is 1.73 bits per heavy atom. The van der Waals surface area contributed by atoms with Gasteiger partial charge in [0.1, 0.15) is 6.29 Å². The standard InChI is InChI=1S/C7H12.C2H6O2/c1-2-7-5-3-4-6-7;1-2(3)4/h2,7H,1,3-6H2;2-4H,1H3. The predicted molar refractivity (Wildman–Crippen MR) is 46.1 cm³/mol. The van der Waals surface area contributed by atoms with Gasteiger partial charge in [-0.2, -0.15) is 0 Å². The van der Waals surface area contributed by atoms with Crippen LogP contribution in [0.25, 0.3) is 0 Å². The fourth-order valence-corrected chi connectivity index (χ4v) is 1.19. The highest BCUT2D eigenvalue weighted by atomic mass is 16.5. The van der Waals surface area contributed by atoms with E-state index in [4.69, 9.17) is 10.2 Å². The molecule has 0 atom stereocenters. The summed E-state index contributed by atoms with van der Waals surface area (Å²) in [5.41, 5.74) is 0. The molecule has 1 aliphatic carbocycles. The van der Waals surface area contributed by atoms with E-state index in [0.29, 0.717) is 0 Å². The zero-order valence-corrected chi connectivity index (χ0v) is 7.16. The first-order chi connectivity index (χ1) is 5.16. The Labute approximate surface area is 68.6 Å². The molecule has 1 fully saturated rings. The minimum absolute atomic E-state index is 0.861. The van der Waals surface area contributed by atoms with Crippen LogP contribution in [0.2, 0.25) is 0 Å². The van der Waals surface area contributed by atoms with Crippen LogP contribution in [-0.2, 0) is 0 Å². The molecular weight excluding hydrogens is 140 g/mol. The lowest BCUT2D eigenvalue weighted by Gasteiger charge is -1.94. The smallest absolute Gasteiger partial charge is 0.148 e. The lowest BCUT2D eigenvalue weighted by Crippen LogP contribution is -1.92. The lowest BCUT2D eigenvalue weighted by atomic mass is 10.1. The van der Waals surface area contributed by atoms with E-state index in [1.54, 1.807) is 0 Å². The molecule has 0 aliphatic heterocycles. The van der Waals surface area contributed by atoms with Crippen LogP contribution in [0.3, 0.4) is 0 Å². The van der Waals surface area contributed by atoms with Crippen molar-refractivity contribution in [3.05, 3.63) is 12.7 Å². The molecule has 0 unspecified atom stereocenters. The van der Waals surface area contributed by atoms with Crippen LogP contribution in [0.1, 0.15) is 32.6 Å². The zero-order valence-electron chi connectivity index (χ0n) is 7.16. The highest BCUT2D eigenvalue weighted by Gasteiger charge is 2.09. The predicted octanol–water partition coefficient (Wildman–Crippen LogP) is 1.68. The zero-order chi connectivity index (χ0) is 8.69. The first-order valence-electron chi connectivity index (χ1n) is 4.15. The van der Waals surface area contributed by atoms with E-state index in [1.807, 2.05) is 0 Å². The third-order valence-corrected chi connectivity index (χ3v) is 1.73. The van der Waals surface area contributed by atoms with Gasteiger partial charge in [0.25, 0.3) is 0 Å². The molecule has 0 aromatic carbocycles. The summed E-state index contributed by atoms with van der Waals surface area (Å²) in [6, 6.07) is 0. The molecule has 0 saturated heterocycles. The van der Waals surface area contributed by atoms with Crippen molar-refractivity contribution >= 4 is 0 Å². The third kappa shape index (κ3) is 7.56. The van der Waals surface area contributed by atoms with Gasteiger partial charge in [-0.3, -0.25) is 0 Å². The summed E-state index contributed by atoms with van der Waals surface area (Å²) in [7, 11) is 0. The minimum atomic E-state index is -1.17. The van der Waals surface area contributed by atoms with Crippen molar-refractivity contribution < 1.29 is 10.2 Å². The maximum absolute atomic E-state index is 7.61. The molecule has 0 aromatic rings. The Balaban J connectivity index is 0.000000218. The molecule has 0 heterocycles. The Morgan fingerprint density at radius 3 is 1.91 bits per heavy atom. The topological polar surface area (TPSA) is 40.5 Å². The normalized spacial score (nSPS) is 17.8. The molecule has 66 valence electrons. The fourth-order valence-electron chi connectivity index (χ4n) is 1.19. The maximum Gasteiger partial charge on any atom is 0.148 e. The molecule has 1 rings (SSSR count). The van der Waals surface area contributed by atoms with Crippen LogP contribution in [0.5, 0.6) is 0 Å². The molecule has 0 amide bonds. The van der Waals surface area contributed by atoms with Crippen LogP contribution in [0, 0.1) is 5.92 Å². The number of rotatable bonds is 1. The van der Waals surface area contributed by atoms with Gasteiger partial charge in [0.15, 0.2) is 0 Å². The van der Waals surface area contributed by atoms with Crippen LogP contribution < -0.4 is 0 Å². The van der Waals surface area contributed by atoms with Gasteiger partial charge in [0.05, 0.1) is 0 Å². The summed E-state index contributed by atoms with van der Waals surface area (Å²) < 4.78 is 0. The molecule has 11 heavy (non-hydrogen) atoms. The third-order valence-electron chi connectivity index (χ3n) is 1.73. The highest BCUT2D eigenvalue weighted by molar-refractivity contribution is 4.82. The maximum atomic E-state index is 7.61. The molecule has 2 heteroatoms. The molecule has 0 aromatic heterocycles. The Hall–Kier alpha value is -0.340. The SMILES string of the molecule is C=CC1CCCC1.CC(O)O. The first-order valence-corrected chi connectivity index (χ1v) is 4.15. The van der Waals surface area contributed by atoms with Crippen LogP contribution in [0.15, 0.2) is 12.7 Å². The first kappa shape index (κ1) is 10.7. The van der Waals surface area contributed by atoms with Gasteiger partial charge in [0.2, 0.25) is 0 Å². The van der Waals surface area contributed by atoms with Crippen LogP contribution in [-0.4, -0.2) is 16.5 Å². The molecule has 1 saturated carbocycles. The molecule has 2 nitrogen and oxygen atoms in total. The minimum Gasteiger partial charge on any atom is -0.368 e. The van der Waals surface area contributed by atoms with E-state index >= 15 is 0 Å². The van der Waals surface area contributed by atoms with E-state index in [9.17, 15) is 0 Å². The average Bonchev–Trinajstić information content (AvgIpc) is 2.36. The summed E-state index contributed by atoms with van der Waals surface area (Å²) in [4.78, 5) is 0. The van der Waals surface area contributed by atoms with Crippen molar-refractivity contribution in [2.45, 2.75) is 38.9 Å². The van der Waals surface area contributed by atoms with Crippen molar-refractivity contribution in [1.82, 2.24) is 0 Å². The molecule has 2 N–H and O–H groups in total. The molecule has 0 bridgehead atoms. The van der Waals surface area contributed by atoms with E-state index in [0.717, 1.165) is 5.92 Å². The van der Waals surface area contributed by atoms with Crippen molar-refractivity contribution in [3.8, 4) is 0 Å². The van der Waals surface area contributed by atoms with Crippen LogP contribution >= 0.6 is 0 Å². The summed E-state index contributed by atoms with van der Waals surface area (Å²) >= 11 is 0. The Bertz CT molecular complexity index is 91.0. The quantitative estimate of drug-likeness (QED) is 0.450. The van der Waals surface area contributed by atoms with E-state index in [-0.39, 0.29) is 0 Å². The molecule has 0 spiro atoms. The second-order valence-electron chi connectivity index (χ2n) is 2.91. The molecule has 1 aliphatic rings. The van der Waals surface area contributed by atoms with Gasteiger partial charge in [-0.1, -0.05) is 18.9 Å². The second-order valence-corrected chi connectivity index (χ2v) is 2.91. The van der Waals surface area contributed by atoms with Gasteiger partial charge in [-0.25, -0.2) is 0 Å². The number of aliphatic hydroxyl groups excluding tert-OH is 1. The Morgan fingerprint density at radius 1 is 1.36 bits per heavy atom. The summed E-state index contributed by atoms with van der Waals surface area (Å²) in [5, 5.41) is 15.2. The number of hydrogen-bond donors (Lipinski definition) is 2. The summed E-state index contributed by atoms with van der Waals surface area (Å²) in [6.45, 7) is 5.02. The van der Waals surface area contributed by atoms with Gasteiger partial charge in [-0.05, 0) is 25.7 Å². The van der Waals surface area contributed by atoms with Crippen molar-refractivity contribution in [3.63, 3.8) is 0 Å². The molecular formula is C9H18O2. The fraction of sp³-hybridized carbons (Fsp3) is 0.778. The van der Waals surface area contributed by atoms with E-state index < -0.39 is 6.29 Å². The number of allylic oxidation sites excluding steroid dienone is 1. The lowest BCUT2D eigenvalue weighted by molar-refractivity contribution is -0.0228. The van der Waals surface area contributed by atoms with Crippen molar-refractivity contribution in [1.29, 1.82) is 0 Å².